The number of carboxylic acid groups (broad SMARTS) is 1. The first kappa shape index (κ1) is 16.8. The van der Waals surface area contributed by atoms with E-state index in [1.807, 2.05) is 0 Å². The first-order chi connectivity index (χ1) is 8.06. The Hall–Kier alpha value is -1.21. The van der Waals surface area contributed by atoms with Gasteiger partial charge in [-0.15, -0.1) is 0 Å². The van der Waals surface area contributed by atoms with Crippen LogP contribution in [0.1, 0.15) is 27.1 Å². The van der Waals surface area contributed by atoms with E-state index in [1.165, 1.54) is 24.3 Å². The molecular weight excluding hydrogens is 249 g/mol. The van der Waals surface area contributed by atoms with Crippen LogP contribution in [0.3, 0.4) is 0 Å². The van der Waals surface area contributed by atoms with Crippen molar-refractivity contribution in [3.8, 4) is 0 Å². The Morgan fingerprint density at radius 3 is 2.22 bits per heavy atom. The topological polar surface area (TPSA) is 107 Å². The third kappa shape index (κ3) is 4.58. The second-order valence-electron chi connectivity index (χ2n) is 3.15. The molecule has 0 fully saturated rings. The van der Waals surface area contributed by atoms with Gasteiger partial charge in [0.05, 0.1) is 17.5 Å². The summed E-state index contributed by atoms with van der Waals surface area (Å²) in [6, 6.07) is 5.49. The van der Waals surface area contributed by atoms with Gasteiger partial charge in [0.25, 0.3) is 0 Å². The van der Waals surface area contributed by atoms with E-state index >= 15 is 0 Å². The molecule has 1 aromatic rings. The van der Waals surface area contributed by atoms with Crippen molar-refractivity contribution in [1.82, 2.24) is 0 Å². The van der Waals surface area contributed by atoms with Gasteiger partial charge >= 0.3 is 47.5 Å². The number of benzene rings is 1. The summed E-state index contributed by atoms with van der Waals surface area (Å²) in [5, 5.41) is 8.84. The van der Waals surface area contributed by atoms with Gasteiger partial charge in [-0.25, -0.2) is 9.59 Å². The summed E-state index contributed by atoms with van der Waals surface area (Å²) in [5.41, 5.74) is 4.74. The molecular formula is C11H12NNaO5. The van der Waals surface area contributed by atoms with Crippen molar-refractivity contribution in [1.29, 1.82) is 0 Å². The zero-order valence-corrected chi connectivity index (χ0v) is 8.88. The monoisotopic (exact) mass is 261 g/mol. The molecule has 3 N–H and O–H groups in total. The van der Waals surface area contributed by atoms with Crippen molar-refractivity contribution in [2.24, 2.45) is 5.73 Å². The van der Waals surface area contributed by atoms with Gasteiger partial charge in [-0.2, -0.15) is 0 Å². The van der Waals surface area contributed by atoms with Crippen molar-refractivity contribution in [2.45, 2.75) is 6.42 Å². The fourth-order valence-electron chi connectivity index (χ4n) is 1.17. The average molecular weight is 261 g/mol. The molecule has 0 aliphatic heterocycles. The molecule has 1 aromatic carbocycles. The molecule has 0 saturated heterocycles. The predicted molar refractivity (Wildman–Crippen MR) is 64.6 cm³/mol. The van der Waals surface area contributed by atoms with Crippen molar-refractivity contribution >= 4 is 47.5 Å². The molecule has 0 saturated carbocycles. The molecule has 0 aliphatic rings. The first-order valence-corrected chi connectivity index (χ1v) is 4.83. The van der Waals surface area contributed by atoms with Crippen molar-refractivity contribution in [3.63, 3.8) is 0 Å². The normalized spacial score (nSPS) is 9.17. The Balaban J connectivity index is 0.00000289. The van der Waals surface area contributed by atoms with Gasteiger partial charge < -0.3 is 15.6 Å². The zero-order chi connectivity index (χ0) is 12.8. The third-order valence-electron chi connectivity index (χ3n) is 1.93. The summed E-state index contributed by atoms with van der Waals surface area (Å²) in [7, 11) is 0. The molecule has 1 rings (SSSR count). The summed E-state index contributed by atoms with van der Waals surface area (Å²) in [6.07, 6.45) is -0.0963. The Kier molecular flexibility index (Phi) is 7.45. The molecule has 0 radical (unpaired) electrons. The van der Waals surface area contributed by atoms with Crippen LogP contribution in [0.25, 0.3) is 0 Å². The van der Waals surface area contributed by atoms with Crippen LogP contribution < -0.4 is 5.73 Å². The summed E-state index contributed by atoms with van der Waals surface area (Å²) in [4.78, 5) is 33.4. The summed E-state index contributed by atoms with van der Waals surface area (Å²) >= 11 is 0. The van der Waals surface area contributed by atoms with Crippen LogP contribution in [0.5, 0.6) is 0 Å². The summed E-state index contributed by atoms with van der Waals surface area (Å²) < 4.78 is 4.45. The molecule has 0 heterocycles. The summed E-state index contributed by atoms with van der Waals surface area (Å²) in [6.45, 7) is 0.0622. The van der Waals surface area contributed by atoms with Crippen molar-refractivity contribution in [2.75, 3.05) is 6.54 Å². The number of carboxylic acids is 1. The van der Waals surface area contributed by atoms with Crippen LogP contribution in [0.2, 0.25) is 0 Å². The fourth-order valence-corrected chi connectivity index (χ4v) is 1.17. The van der Waals surface area contributed by atoms with Crippen LogP contribution >= 0.6 is 0 Å². The first-order valence-electron chi connectivity index (χ1n) is 4.83. The maximum absolute atomic E-state index is 11.5. The van der Waals surface area contributed by atoms with E-state index in [0.717, 1.165) is 0 Å². The molecule has 0 atom stereocenters. The third-order valence-corrected chi connectivity index (χ3v) is 1.93. The Morgan fingerprint density at radius 2 is 1.72 bits per heavy atom. The standard InChI is InChI=1S/C11H11NO5.Na.H/c12-6-5-9(13)17-11(16)8-4-2-1-3-7(8)10(14)15;;/h1-4H,5-6,12H2,(H,14,15);;. The molecule has 6 nitrogen and oxygen atoms in total. The van der Waals surface area contributed by atoms with E-state index < -0.39 is 17.9 Å². The van der Waals surface area contributed by atoms with Crippen LogP contribution in [0, 0.1) is 0 Å². The van der Waals surface area contributed by atoms with Gasteiger partial charge in [-0.3, -0.25) is 4.79 Å². The Morgan fingerprint density at radius 1 is 1.17 bits per heavy atom. The van der Waals surface area contributed by atoms with Gasteiger partial charge in [0.15, 0.2) is 0 Å². The van der Waals surface area contributed by atoms with Crippen LogP contribution in [-0.4, -0.2) is 59.1 Å². The summed E-state index contributed by atoms with van der Waals surface area (Å²) in [5.74, 6) is -3.03. The number of rotatable bonds is 4. The van der Waals surface area contributed by atoms with Crippen LogP contribution in [-0.2, 0) is 9.53 Å². The molecule has 92 valence electrons. The predicted octanol–water partition coefficient (Wildman–Crippen LogP) is -0.232. The van der Waals surface area contributed by atoms with Gasteiger partial charge in [-0.05, 0) is 12.1 Å². The van der Waals surface area contributed by atoms with Gasteiger partial charge in [-0.1, -0.05) is 12.1 Å². The molecule has 0 aromatic heterocycles. The molecule has 0 spiro atoms. The van der Waals surface area contributed by atoms with Crippen molar-refractivity contribution in [3.05, 3.63) is 35.4 Å². The quantitative estimate of drug-likeness (QED) is 0.440. The number of hydrogen-bond donors (Lipinski definition) is 2. The number of esters is 2. The molecule has 0 aliphatic carbocycles. The Labute approximate surface area is 125 Å². The Bertz CT molecular complexity index is 461. The van der Waals surface area contributed by atoms with Crippen molar-refractivity contribution < 1.29 is 24.2 Å². The van der Waals surface area contributed by atoms with E-state index in [4.69, 9.17) is 10.8 Å². The number of carbonyl (C=O) groups is 3. The van der Waals surface area contributed by atoms with Gasteiger partial charge in [0, 0.05) is 6.54 Å². The van der Waals surface area contributed by atoms with Gasteiger partial charge in [0.2, 0.25) is 0 Å². The fraction of sp³-hybridized carbons (Fsp3) is 0.182. The molecule has 0 bridgehead atoms. The number of carbonyl (C=O) groups excluding carboxylic acids is 2. The number of nitrogens with two attached hydrogens (primary N) is 1. The maximum atomic E-state index is 11.5. The van der Waals surface area contributed by atoms with E-state index in [1.54, 1.807) is 0 Å². The van der Waals surface area contributed by atoms with Crippen LogP contribution in [0.4, 0.5) is 0 Å². The van der Waals surface area contributed by atoms with E-state index in [0.29, 0.717) is 0 Å². The minimum atomic E-state index is -1.26. The van der Waals surface area contributed by atoms with Crippen LogP contribution in [0.15, 0.2) is 24.3 Å². The zero-order valence-electron chi connectivity index (χ0n) is 8.88. The number of hydrogen-bond acceptors (Lipinski definition) is 5. The molecule has 0 amide bonds. The van der Waals surface area contributed by atoms with E-state index in [2.05, 4.69) is 4.74 Å². The van der Waals surface area contributed by atoms with E-state index in [9.17, 15) is 14.4 Å². The second kappa shape index (κ2) is 7.99. The van der Waals surface area contributed by atoms with Gasteiger partial charge in [0.1, 0.15) is 0 Å². The SMILES string of the molecule is NCCC(=O)OC(=O)c1ccccc1C(=O)O.[NaH]. The molecule has 7 heteroatoms. The molecule has 18 heavy (non-hydrogen) atoms. The average Bonchev–Trinajstić information content (AvgIpc) is 2.29. The van der Waals surface area contributed by atoms with E-state index in [-0.39, 0.29) is 53.6 Å². The number of ether oxygens (including phenoxy) is 1. The number of aromatic carboxylic acids is 1. The minimum absolute atomic E-state index is 0. The molecule has 0 unspecified atom stereocenters. The second-order valence-corrected chi connectivity index (χ2v) is 3.15.